The molecule has 2 aliphatic carbocycles. The van der Waals surface area contributed by atoms with Crippen molar-refractivity contribution < 1.29 is 9.59 Å². The molecule has 0 aromatic rings. The first-order valence-corrected chi connectivity index (χ1v) is 10.9. The lowest BCUT2D eigenvalue weighted by Gasteiger charge is -2.33. The van der Waals surface area contributed by atoms with Crippen molar-refractivity contribution in [3.05, 3.63) is 0 Å². The van der Waals surface area contributed by atoms with Crippen LogP contribution in [0.5, 0.6) is 0 Å². The summed E-state index contributed by atoms with van der Waals surface area (Å²) >= 11 is 0. The molecule has 0 atom stereocenters. The number of rotatable bonds is 4. The number of likely N-dealkylation sites (tertiary alicyclic amines) is 1. The van der Waals surface area contributed by atoms with E-state index in [1.54, 1.807) is 0 Å². The van der Waals surface area contributed by atoms with Gasteiger partial charge in [0.25, 0.3) is 0 Å². The van der Waals surface area contributed by atoms with E-state index in [9.17, 15) is 9.59 Å². The van der Waals surface area contributed by atoms with Crippen LogP contribution in [0.25, 0.3) is 0 Å². The monoisotopic (exact) mass is 363 g/mol. The molecule has 5 heteroatoms. The number of nitrogens with zero attached hydrogens (tertiary/aromatic N) is 1. The molecule has 2 saturated carbocycles. The number of hydrogen-bond acceptors (Lipinski definition) is 2. The Balaban J connectivity index is 1.33. The molecule has 0 aromatic carbocycles. The second kappa shape index (κ2) is 9.61. The summed E-state index contributed by atoms with van der Waals surface area (Å²) < 4.78 is 0. The minimum Gasteiger partial charge on any atom is -0.353 e. The standard InChI is InChI=1S/C21H37N3O2/c1-16-7-9-17(10-8-16)15-22-21(26)24-13-11-18(12-14-24)20(25)23-19-5-3-2-4-6-19/h16-19H,2-15H2,1H3,(H,22,26)(H,23,25). The first-order valence-electron chi connectivity index (χ1n) is 10.9. The van der Waals surface area contributed by atoms with Crippen molar-refractivity contribution in [3.8, 4) is 0 Å². The van der Waals surface area contributed by atoms with E-state index in [-0.39, 0.29) is 17.9 Å². The van der Waals surface area contributed by atoms with Crippen molar-refractivity contribution >= 4 is 11.9 Å². The lowest BCUT2D eigenvalue weighted by atomic mass is 9.83. The summed E-state index contributed by atoms with van der Waals surface area (Å²) in [5.74, 6) is 1.80. The lowest BCUT2D eigenvalue weighted by Crippen LogP contribution is -2.49. The third kappa shape index (κ3) is 5.62. The van der Waals surface area contributed by atoms with Gasteiger partial charge < -0.3 is 15.5 Å². The van der Waals surface area contributed by atoms with Crippen LogP contribution >= 0.6 is 0 Å². The zero-order chi connectivity index (χ0) is 18.4. The fourth-order valence-corrected chi connectivity index (χ4v) is 4.79. The Morgan fingerprint density at radius 2 is 1.54 bits per heavy atom. The normalized spacial score (nSPS) is 28.6. The van der Waals surface area contributed by atoms with E-state index in [1.807, 2.05) is 4.90 Å². The topological polar surface area (TPSA) is 61.4 Å². The van der Waals surface area contributed by atoms with Crippen LogP contribution in [0.1, 0.15) is 77.6 Å². The number of hydrogen-bond donors (Lipinski definition) is 2. The summed E-state index contributed by atoms with van der Waals surface area (Å²) in [5, 5.41) is 6.38. The molecule has 1 saturated heterocycles. The van der Waals surface area contributed by atoms with Gasteiger partial charge in [0.1, 0.15) is 0 Å². The average Bonchev–Trinajstić information content (AvgIpc) is 2.68. The van der Waals surface area contributed by atoms with E-state index in [4.69, 9.17) is 0 Å². The maximum Gasteiger partial charge on any atom is 0.317 e. The van der Waals surface area contributed by atoms with E-state index >= 15 is 0 Å². The summed E-state index contributed by atoms with van der Waals surface area (Å²) in [6.45, 7) is 4.55. The Morgan fingerprint density at radius 1 is 0.885 bits per heavy atom. The van der Waals surface area contributed by atoms with Gasteiger partial charge >= 0.3 is 6.03 Å². The number of urea groups is 1. The third-order valence-corrected chi connectivity index (χ3v) is 6.78. The Morgan fingerprint density at radius 3 is 2.19 bits per heavy atom. The summed E-state index contributed by atoms with van der Waals surface area (Å²) in [7, 11) is 0. The maximum absolute atomic E-state index is 12.5. The van der Waals surface area contributed by atoms with Gasteiger partial charge in [0.15, 0.2) is 0 Å². The fraction of sp³-hybridized carbons (Fsp3) is 0.905. The van der Waals surface area contributed by atoms with Gasteiger partial charge in [0.2, 0.25) is 5.91 Å². The minimum absolute atomic E-state index is 0.0646. The van der Waals surface area contributed by atoms with E-state index in [0.29, 0.717) is 25.0 Å². The van der Waals surface area contributed by atoms with Crippen LogP contribution in [0.3, 0.4) is 0 Å². The SMILES string of the molecule is CC1CCC(CNC(=O)N2CCC(C(=O)NC3CCCCC3)CC2)CC1. The van der Waals surface area contributed by atoms with Crippen LogP contribution < -0.4 is 10.6 Å². The maximum atomic E-state index is 12.5. The summed E-state index contributed by atoms with van der Waals surface area (Å²) in [6.07, 6.45) is 12.7. The van der Waals surface area contributed by atoms with Gasteiger partial charge in [-0.05, 0) is 50.4 Å². The summed E-state index contributed by atoms with van der Waals surface area (Å²) in [6, 6.07) is 0.450. The van der Waals surface area contributed by atoms with Crippen molar-refractivity contribution in [1.82, 2.24) is 15.5 Å². The van der Waals surface area contributed by atoms with Gasteiger partial charge in [-0.1, -0.05) is 39.0 Å². The first kappa shape index (κ1) is 19.5. The Bertz CT molecular complexity index is 460. The molecular weight excluding hydrogens is 326 g/mol. The van der Waals surface area contributed by atoms with Gasteiger partial charge in [-0.2, -0.15) is 0 Å². The molecule has 1 heterocycles. The van der Waals surface area contributed by atoms with Crippen LogP contribution in [0.4, 0.5) is 4.79 Å². The molecule has 148 valence electrons. The third-order valence-electron chi connectivity index (χ3n) is 6.78. The molecule has 0 bridgehead atoms. The molecular formula is C21H37N3O2. The molecule has 26 heavy (non-hydrogen) atoms. The van der Waals surface area contributed by atoms with Crippen molar-refractivity contribution in [2.75, 3.05) is 19.6 Å². The second-order valence-corrected chi connectivity index (χ2v) is 8.92. The molecule has 5 nitrogen and oxygen atoms in total. The highest BCUT2D eigenvalue weighted by molar-refractivity contribution is 5.80. The Kier molecular flexibility index (Phi) is 7.21. The van der Waals surface area contributed by atoms with Crippen LogP contribution in [-0.2, 0) is 4.79 Å². The van der Waals surface area contributed by atoms with Crippen LogP contribution in [0.15, 0.2) is 0 Å². The fourth-order valence-electron chi connectivity index (χ4n) is 4.79. The zero-order valence-electron chi connectivity index (χ0n) is 16.5. The predicted molar refractivity (Wildman–Crippen MR) is 104 cm³/mol. The van der Waals surface area contributed by atoms with Crippen LogP contribution in [0, 0.1) is 17.8 Å². The molecule has 3 amide bonds. The van der Waals surface area contributed by atoms with Gasteiger partial charge in [-0.3, -0.25) is 4.79 Å². The zero-order valence-corrected chi connectivity index (χ0v) is 16.5. The molecule has 3 fully saturated rings. The van der Waals surface area contributed by atoms with Crippen molar-refractivity contribution in [2.24, 2.45) is 17.8 Å². The molecule has 3 aliphatic rings. The highest BCUT2D eigenvalue weighted by atomic mass is 16.2. The number of amides is 3. The summed E-state index contributed by atoms with van der Waals surface area (Å²) in [4.78, 5) is 26.8. The molecule has 0 unspecified atom stereocenters. The Labute approximate surface area is 158 Å². The van der Waals surface area contributed by atoms with Gasteiger partial charge in [0, 0.05) is 31.6 Å². The number of piperidine rings is 1. The smallest absolute Gasteiger partial charge is 0.317 e. The molecule has 0 spiro atoms. The molecule has 3 rings (SSSR count). The highest BCUT2D eigenvalue weighted by Gasteiger charge is 2.29. The van der Waals surface area contributed by atoms with Gasteiger partial charge in [-0.15, -0.1) is 0 Å². The number of carbonyl (C=O) groups excluding carboxylic acids is 2. The lowest BCUT2D eigenvalue weighted by molar-refractivity contribution is -0.127. The molecule has 0 aromatic heterocycles. The summed E-state index contributed by atoms with van der Waals surface area (Å²) in [5.41, 5.74) is 0. The van der Waals surface area contributed by atoms with Crippen LogP contribution in [0.2, 0.25) is 0 Å². The number of carbonyl (C=O) groups is 2. The van der Waals surface area contributed by atoms with Crippen LogP contribution in [-0.4, -0.2) is 42.5 Å². The van der Waals surface area contributed by atoms with Gasteiger partial charge in [0.05, 0.1) is 0 Å². The van der Waals surface area contributed by atoms with Crippen molar-refractivity contribution in [1.29, 1.82) is 0 Å². The second-order valence-electron chi connectivity index (χ2n) is 8.92. The van der Waals surface area contributed by atoms with Gasteiger partial charge in [-0.25, -0.2) is 4.79 Å². The van der Waals surface area contributed by atoms with E-state index in [2.05, 4.69) is 17.6 Å². The van der Waals surface area contributed by atoms with Crippen molar-refractivity contribution in [2.45, 2.75) is 83.6 Å². The largest absolute Gasteiger partial charge is 0.353 e. The highest BCUT2D eigenvalue weighted by Crippen LogP contribution is 2.28. The molecule has 0 radical (unpaired) electrons. The predicted octanol–water partition coefficient (Wildman–Crippen LogP) is 3.68. The van der Waals surface area contributed by atoms with E-state index in [1.165, 1.54) is 44.9 Å². The number of nitrogens with one attached hydrogen (secondary N) is 2. The van der Waals surface area contributed by atoms with E-state index < -0.39 is 0 Å². The minimum atomic E-state index is 0.0646. The van der Waals surface area contributed by atoms with Crippen molar-refractivity contribution in [3.63, 3.8) is 0 Å². The molecule has 2 N–H and O–H groups in total. The quantitative estimate of drug-likeness (QED) is 0.800. The van der Waals surface area contributed by atoms with E-state index in [0.717, 1.165) is 38.1 Å². The molecule has 1 aliphatic heterocycles. The average molecular weight is 364 g/mol. The first-order chi connectivity index (χ1) is 12.6. The Hall–Kier alpha value is -1.26.